The molecule has 5 nitrogen and oxygen atoms in total. The Labute approximate surface area is 113 Å². The highest BCUT2D eigenvalue weighted by Crippen LogP contribution is 2.33. The van der Waals surface area contributed by atoms with E-state index >= 15 is 0 Å². The van der Waals surface area contributed by atoms with Crippen LogP contribution in [0.15, 0.2) is 12.1 Å². The third kappa shape index (κ3) is 2.91. The Bertz CT molecular complexity index is 503. The standard InChI is InChI=1S/C11H10Cl2N2O3/c12-6-3-4-7(13)14-9(6)10(16)15-8(11(17)18)5-1-2-5/h3-5,8H,1-2H2,(H,15,16)(H,17,18). The summed E-state index contributed by atoms with van der Waals surface area (Å²) >= 11 is 11.5. The number of carbonyl (C=O) groups is 2. The Balaban J connectivity index is 2.15. The lowest BCUT2D eigenvalue weighted by Gasteiger charge is -2.13. The minimum absolute atomic E-state index is 0.00981. The quantitative estimate of drug-likeness (QED) is 0.831. The van der Waals surface area contributed by atoms with Crippen molar-refractivity contribution in [3.05, 3.63) is 28.0 Å². The van der Waals surface area contributed by atoms with Gasteiger partial charge in [-0.3, -0.25) is 4.79 Å². The molecule has 2 N–H and O–H groups in total. The highest BCUT2D eigenvalue weighted by molar-refractivity contribution is 6.34. The van der Waals surface area contributed by atoms with Crippen molar-refractivity contribution in [1.82, 2.24) is 10.3 Å². The van der Waals surface area contributed by atoms with E-state index < -0.39 is 17.9 Å². The SMILES string of the molecule is O=C(NC(C(=O)O)C1CC1)c1nc(Cl)ccc1Cl. The zero-order valence-corrected chi connectivity index (χ0v) is 10.7. The Kier molecular flexibility index (Phi) is 3.73. The van der Waals surface area contributed by atoms with E-state index in [2.05, 4.69) is 10.3 Å². The molecule has 96 valence electrons. The molecule has 0 aliphatic heterocycles. The summed E-state index contributed by atoms with van der Waals surface area (Å²) < 4.78 is 0. The number of rotatable bonds is 4. The molecule has 1 fully saturated rings. The molecule has 0 saturated heterocycles. The number of hydrogen-bond donors (Lipinski definition) is 2. The second-order valence-corrected chi connectivity index (χ2v) is 4.89. The zero-order valence-electron chi connectivity index (χ0n) is 9.19. The molecule has 1 saturated carbocycles. The number of halogens is 2. The van der Waals surface area contributed by atoms with Crippen molar-refractivity contribution >= 4 is 35.1 Å². The number of nitrogens with one attached hydrogen (secondary N) is 1. The monoisotopic (exact) mass is 288 g/mol. The number of pyridine rings is 1. The number of carboxylic acid groups (broad SMARTS) is 1. The van der Waals surface area contributed by atoms with Gasteiger partial charge in [0.15, 0.2) is 0 Å². The average Bonchev–Trinajstić information content (AvgIpc) is 3.12. The van der Waals surface area contributed by atoms with Crippen molar-refractivity contribution in [2.24, 2.45) is 5.92 Å². The van der Waals surface area contributed by atoms with Crippen LogP contribution >= 0.6 is 23.2 Å². The van der Waals surface area contributed by atoms with Gasteiger partial charge in [-0.2, -0.15) is 0 Å². The second-order valence-electron chi connectivity index (χ2n) is 4.09. The Hall–Kier alpha value is -1.33. The Morgan fingerprint density at radius 1 is 1.39 bits per heavy atom. The number of aromatic nitrogens is 1. The third-order valence-electron chi connectivity index (χ3n) is 2.67. The first-order chi connectivity index (χ1) is 8.49. The first-order valence-corrected chi connectivity index (χ1v) is 6.10. The molecule has 1 aromatic rings. The van der Waals surface area contributed by atoms with Gasteiger partial charge in [0.2, 0.25) is 0 Å². The maximum atomic E-state index is 11.9. The van der Waals surface area contributed by atoms with Gasteiger partial charge in [0.05, 0.1) is 5.02 Å². The van der Waals surface area contributed by atoms with Crippen molar-refractivity contribution in [1.29, 1.82) is 0 Å². The van der Waals surface area contributed by atoms with Gasteiger partial charge < -0.3 is 10.4 Å². The highest BCUT2D eigenvalue weighted by Gasteiger charge is 2.37. The predicted molar refractivity (Wildman–Crippen MR) is 65.9 cm³/mol. The Morgan fingerprint density at radius 2 is 2.06 bits per heavy atom. The lowest BCUT2D eigenvalue weighted by Crippen LogP contribution is -2.42. The molecule has 0 radical (unpaired) electrons. The fourth-order valence-electron chi connectivity index (χ4n) is 1.60. The van der Waals surface area contributed by atoms with Gasteiger partial charge in [0.1, 0.15) is 16.9 Å². The lowest BCUT2D eigenvalue weighted by atomic mass is 10.2. The van der Waals surface area contributed by atoms with E-state index in [1.165, 1.54) is 12.1 Å². The molecule has 1 atom stereocenters. The molecule has 1 aromatic heterocycles. The molecule has 2 rings (SSSR count). The van der Waals surface area contributed by atoms with Gasteiger partial charge in [-0.1, -0.05) is 23.2 Å². The summed E-state index contributed by atoms with van der Waals surface area (Å²) in [7, 11) is 0. The Morgan fingerprint density at radius 3 is 2.61 bits per heavy atom. The van der Waals surface area contributed by atoms with E-state index in [9.17, 15) is 9.59 Å². The smallest absolute Gasteiger partial charge is 0.326 e. The summed E-state index contributed by atoms with van der Waals surface area (Å²) in [6.45, 7) is 0. The van der Waals surface area contributed by atoms with Crippen LogP contribution in [0.5, 0.6) is 0 Å². The topological polar surface area (TPSA) is 79.3 Å². The van der Waals surface area contributed by atoms with Crippen LogP contribution < -0.4 is 5.32 Å². The first-order valence-electron chi connectivity index (χ1n) is 5.34. The number of hydrogen-bond acceptors (Lipinski definition) is 3. The minimum Gasteiger partial charge on any atom is -0.480 e. The number of amides is 1. The van der Waals surface area contributed by atoms with Crippen LogP contribution in [-0.4, -0.2) is 28.0 Å². The van der Waals surface area contributed by atoms with E-state index in [-0.39, 0.29) is 21.8 Å². The molecule has 7 heteroatoms. The number of carboxylic acids is 1. The molecule has 1 unspecified atom stereocenters. The first kappa shape index (κ1) is 13.1. The lowest BCUT2D eigenvalue weighted by molar-refractivity contribution is -0.139. The van der Waals surface area contributed by atoms with E-state index in [4.69, 9.17) is 28.3 Å². The van der Waals surface area contributed by atoms with Crippen molar-refractivity contribution in [2.45, 2.75) is 18.9 Å². The van der Waals surface area contributed by atoms with Crippen molar-refractivity contribution in [3.8, 4) is 0 Å². The predicted octanol–water partition coefficient (Wildman–Crippen LogP) is 1.98. The van der Waals surface area contributed by atoms with E-state index in [1.54, 1.807) is 0 Å². The van der Waals surface area contributed by atoms with Crippen LogP contribution in [0.1, 0.15) is 23.3 Å². The molecule has 1 amide bonds. The van der Waals surface area contributed by atoms with Gasteiger partial charge >= 0.3 is 5.97 Å². The summed E-state index contributed by atoms with van der Waals surface area (Å²) in [4.78, 5) is 26.7. The number of nitrogens with zero attached hydrogens (tertiary/aromatic N) is 1. The van der Waals surface area contributed by atoms with Crippen molar-refractivity contribution in [3.63, 3.8) is 0 Å². The van der Waals surface area contributed by atoms with Gasteiger partial charge in [0.25, 0.3) is 5.91 Å². The average molecular weight is 289 g/mol. The summed E-state index contributed by atoms with van der Waals surface area (Å²) in [5.74, 6) is -1.68. The molecule has 1 aliphatic rings. The molecular formula is C11H10Cl2N2O3. The fraction of sp³-hybridized carbons (Fsp3) is 0.364. The van der Waals surface area contributed by atoms with E-state index in [0.717, 1.165) is 12.8 Å². The fourth-order valence-corrected chi connectivity index (χ4v) is 1.94. The van der Waals surface area contributed by atoms with Crippen LogP contribution in [0.3, 0.4) is 0 Å². The normalized spacial score (nSPS) is 16.1. The van der Waals surface area contributed by atoms with Gasteiger partial charge in [-0.05, 0) is 30.9 Å². The highest BCUT2D eigenvalue weighted by atomic mass is 35.5. The van der Waals surface area contributed by atoms with Crippen LogP contribution in [-0.2, 0) is 4.79 Å². The molecule has 18 heavy (non-hydrogen) atoms. The van der Waals surface area contributed by atoms with E-state index in [1.807, 2.05) is 0 Å². The maximum Gasteiger partial charge on any atom is 0.326 e. The number of carbonyl (C=O) groups excluding carboxylic acids is 1. The van der Waals surface area contributed by atoms with Crippen molar-refractivity contribution in [2.75, 3.05) is 0 Å². The molecule has 0 bridgehead atoms. The minimum atomic E-state index is -1.05. The molecular weight excluding hydrogens is 279 g/mol. The summed E-state index contributed by atoms with van der Waals surface area (Å²) in [6.07, 6.45) is 1.60. The molecule has 1 aliphatic carbocycles. The molecule has 1 heterocycles. The summed E-state index contributed by atoms with van der Waals surface area (Å²) in [5, 5.41) is 11.7. The zero-order chi connectivity index (χ0) is 13.3. The number of aliphatic carboxylic acids is 1. The largest absolute Gasteiger partial charge is 0.480 e. The van der Waals surface area contributed by atoms with Gasteiger partial charge in [0, 0.05) is 0 Å². The maximum absolute atomic E-state index is 11.9. The summed E-state index contributed by atoms with van der Waals surface area (Å²) in [6, 6.07) is 2.00. The molecule has 0 aromatic carbocycles. The van der Waals surface area contributed by atoms with Gasteiger partial charge in [-0.25, -0.2) is 9.78 Å². The molecule has 0 spiro atoms. The van der Waals surface area contributed by atoms with Crippen LogP contribution in [0.2, 0.25) is 10.2 Å². The van der Waals surface area contributed by atoms with Crippen LogP contribution in [0, 0.1) is 5.92 Å². The van der Waals surface area contributed by atoms with Crippen molar-refractivity contribution < 1.29 is 14.7 Å². The van der Waals surface area contributed by atoms with Crippen LogP contribution in [0.25, 0.3) is 0 Å². The van der Waals surface area contributed by atoms with Crippen LogP contribution in [0.4, 0.5) is 0 Å². The van der Waals surface area contributed by atoms with Gasteiger partial charge in [-0.15, -0.1) is 0 Å². The summed E-state index contributed by atoms with van der Waals surface area (Å²) in [5.41, 5.74) is -0.0592. The third-order valence-corrected chi connectivity index (χ3v) is 3.19. The van der Waals surface area contributed by atoms with E-state index in [0.29, 0.717) is 0 Å². The second kappa shape index (κ2) is 5.12.